The van der Waals surface area contributed by atoms with Crippen LogP contribution in [0.2, 0.25) is 0 Å². The van der Waals surface area contributed by atoms with Gasteiger partial charge in [-0.2, -0.15) is 0 Å². The predicted molar refractivity (Wildman–Crippen MR) is 90.3 cm³/mol. The SMILES string of the molecule is OCC1CCCN(CC(O)COC2CCCc3ccccc32)C1. The van der Waals surface area contributed by atoms with Crippen molar-refractivity contribution >= 4 is 0 Å². The quantitative estimate of drug-likeness (QED) is 0.843. The Labute approximate surface area is 139 Å². The second-order valence-corrected chi connectivity index (χ2v) is 7.02. The summed E-state index contributed by atoms with van der Waals surface area (Å²) in [5, 5.41) is 19.6. The van der Waals surface area contributed by atoms with E-state index in [1.165, 1.54) is 11.1 Å². The highest BCUT2D eigenvalue weighted by atomic mass is 16.5. The van der Waals surface area contributed by atoms with E-state index in [1.807, 2.05) is 0 Å². The number of fused-ring (bicyclic) bond motifs is 1. The van der Waals surface area contributed by atoms with Gasteiger partial charge in [0.1, 0.15) is 0 Å². The molecule has 0 saturated carbocycles. The maximum Gasteiger partial charge on any atom is 0.0900 e. The van der Waals surface area contributed by atoms with E-state index in [0.717, 1.165) is 45.2 Å². The van der Waals surface area contributed by atoms with E-state index in [-0.39, 0.29) is 12.7 Å². The first kappa shape index (κ1) is 16.9. The maximum absolute atomic E-state index is 10.3. The van der Waals surface area contributed by atoms with Crippen molar-refractivity contribution in [3.63, 3.8) is 0 Å². The standard InChI is InChI=1S/C19H29NO3/c21-13-15-5-4-10-20(11-15)12-17(22)14-23-19-9-3-7-16-6-1-2-8-18(16)19/h1-2,6,8,15,17,19,21-22H,3-5,7,9-14H2. The molecule has 23 heavy (non-hydrogen) atoms. The Morgan fingerprint density at radius 1 is 1.22 bits per heavy atom. The molecule has 3 atom stereocenters. The second-order valence-electron chi connectivity index (χ2n) is 7.02. The molecule has 1 aromatic carbocycles. The van der Waals surface area contributed by atoms with Crippen LogP contribution in [0.25, 0.3) is 0 Å². The number of benzene rings is 1. The molecule has 4 heteroatoms. The number of β-amino-alcohol motifs (C(OH)–C–C–N with tert-alkyl or cyclic N) is 1. The molecule has 0 aromatic heterocycles. The number of aliphatic hydroxyl groups excluding tert-OH is 2. The van der Waals surface area contributed by atoms with Gasteiger partial charge in [0.15, 0.2) is 0 Å². The van der Waals surface area contributed by atoms with Gasteiger partial charge >= 0.3 is 0 Å². The first-order chi connectivity index (χ1) is 11.3. The third-order valence-corrected chi connectivity index (χ3v) is 5.13. The van der Waals surface area contributed by atoms with E-state index in [9.17, 15) is 10.2 Å². The Morgan fingerprint density at radius 3 is 2.96 bits per heavy atom. The van der Waals surface area contributed by atoms with Crippen molar-refractivity contribution in [3.8, 4) is 0 Å². The van der Waals surface area contributed by atoms with Gasteiger partial charge in [-0.15, -0.1) is 0 Å². The van der Waals surface area contributed by atoms with Gasteiger partial charge in [-0.1, -0.05) is 24.3 Å². The van der Waals surface area contributed by atoms with Crippen molar-refractivity contribution in [2.75, 3.05) is 32.8 Å². The highest BCUT2D eigenvalue weighted by Gasteiger charge is 2.24. The number of ether oxygens (including phenoxy) is 1. The minimum absolute atomic E-state index is 0.126. The summed E-state index contributed by atoms with van der Waals surface area (Å²) in [5.41, 5.74) is 2.68. The molecule has 2 N–H and O–H groups in total. The monoisotopic (exact) mass is 319 g/mol. The number of piperidine rings is 1. The van der Waals surface area contributed by atoms with Gasteiger partial charge < -0.3 is 19.8 Å². The normalized spacial score (nSPS) is 26.7. The summed E-state index contributed by atoms with van der Waals surface area (Å²) in [5.74, 6) is 0.363. The van der Waals surface area contributed by atoms with Crippen molar-refractivity contribution < 1.29 is 14.9 Å². The predicted octanol–water partition coefficient (Wildman–Crippen LogP) is 2.15. The van der Waals surface area contributed by atoms with Gasteiger partial charge in [0.25, 0.3) is 0 Å². The zero-order valence-corrected chi connectivity index (χ0v) is 13.9. The van der Waals surface area contributed by atoms with E-state index in [1.54, 1.807) is 0 Å². The number of rotatable bonds is 6. The summed E-state index contributed by atoms with van der Waals surface area (Å²) >= 11 is 0. The minimum atomic E-state index is -0.457. The van der Waals surface area contributed by atoms with Crippen LogP contribution < -0.4 is 0 Å². The molecule has 1 aliphatic heterocycles. The number of hydrogen-bond donors (Lipinski definition) is 2. The molecular formula is C19H29NO3. The summed E-state index contributed by atoms with van der Waals surface area (Å²) in [4.78, 5) is 2.26. The summed E-state index contributed by atoms with van der Waals surface area (Å²) in [6, 6.07) is 8.50. The van der Waals surface area contributed by atoms with Crippen molar-refractivity contribution in [1.82, 2.24) is 4.90 Å². The van der Waals surface area contributed by atoms with Crippen molar-refractivity contribution in [2.45, 2.75) is 44.3 Å². The first-order valence-corrected chi connectivity index (χ1v) is 8.97. The zero-order valence-electron chi connectivity index (χ0n) is 13.9. The Bertz CT molecular complexity index is 493. The lowest BCUT2D eigenvalue weighted by Gasteiger charge is -2.33. The van der Waals surface area contributed by atoms with Gasteiger partial charge in [-0.3, -0.25) is 0 Å². The zero-order chi connectivity index (χ0) is 16.1. The largest absolute Gasteiger partial charge is 0.396 e. The first-order valence-electron chi connectivity index (χ1n) is 8.97. The molecule has 1 aromatic rings. The minimum Gasteiger partial charge on any atom is -0.396 e. The Morgan fingerprint density at radius 2 is 2.09 bits per heavy atom. The number of hydrogen-bond acceptors (Lipinski definition) is 4. The molecule has 0 bridgehead atoms. The van der Waals surface area contributed by atoms with Crippen LogP contribution in [0.3, 0.4) is 0 Å². The number of aliphatic hydroxyl groups is 2. The van der Waals surface area contributed by atoms with E-state index >= 15 is 0 Å². The lowest BCUT2D eigenvalue weighted by Crippen LogP contribution is -2.42. The molecule has 1 saturated heterocycles. The van der Waals surface area contributed by atoms with Crippen LogP contribution in [0.1, 0.15) is 42.9 Å². The maximum atomic E-state index is 10.3. The Balaban J connectivity index is 1.47. The summed E-state index contributed by atoms with van der Waals surface area (Å²) < 4.78 is 6.04. The van der Waals surface area contributed by atoms with Gasteiger partial charge in [-0.25, -0.2) is 0 Å². The molecule has 3 rings (SSSR count). The second kappa shape index (κ2) is 8.25. The molecule has 1 heterocycles. The molecule has 0 spiro atoms. The molecule has 2 aliphatic rings. The third kappa shape index (κ3) is 4.54. The van der Waals surface area contributed by atoms with E-state index in [2.05, 4.69) is 29.2 Å². The third-order valence-electron chi connectivity index (χ3n) is 5.13. The van der Waals surface area contributed by atoms with E-state index in [0.29, 0.717) is 19.1 Å². The van der Waals surface area contributed by atoms with Crippen LogP contribution in [-0.4, -0.2) is 54.1 Å². The molecular weight excluding hydrogens is 290 g/mol. The summed E-state index contributed by atoms with van der Waals surface area (Å²) in [6.07, 6.45) is 5.20. The van der Waals surface area contributed by atoms with Crippen molar-refractivity contribution in [2.24, 2.45) is 5.92 Å². The van der Waals surface area contributed by atoms with E-state index < -0.39 is 6.10 Å². The van der Waals surface area contributed by atoms with Crippen LogP contribution in [0.4, 0.5) is 0 Å². The Kier molecular flexibility index (Phi) is 6.06. The smallest absolute Gasteiger partial charge is 0.0900 e. The van der Waals surface area contributed by atoms with E-state index in [4.69, 9.17) is 4.74 Å². The molecule has 128 valence electrons. The average Bonchev–Trinajstić information content (AvgIpc) is 2.60. The fourth-order valence-electron chi connectivity index (χ4n) is 3.93. The van der Waals surface area contributed by atoms with Gasteiger partial charge in [0, 0.05) is 19.7 Å². The number of nitrogens with zero attached hydrogens (tertiary/aromatic N) is 1. The molecule has 3 unspecified atom stereocenters. The number of aryl methyl sites for hydroxylation is 1. The molecule has 1 fully saturated rings. The fraction of sp³-hybridized carbons (Fsp3) is 0.684. The average molecular weight is 319 g/mol. The van der Waals surface area contributed by atoms with Crippen LogP contribution in [0, 0.1) is 5.92 Å². The molecule has 0 radical (unpaired) electrons. The van der Waals surface area contributed by atoms with Crippen molar-refractivity contribution in [1.29, 1.82) is 0 Å². The molecule has 1 aliphatic carbocycles. The van der Waals surface area contributed by atoms with Crippen molar-refractivity contribution in [3.05, 3.63) is 35.4 Å². The fourth-order valence-corrected chi connectivity index (χ4v) is 3.93. The van der Waals surface area contributed by atoms with Crippen LogP contribution >= 0.6 is 0 Å². The highest BCUT2D eigenvalue weighted by molar-refractivity contribution is 5.31. The van der Waals surface area contributed by atoms with Crippen LogP contribution in [-0.2, 0) is 11.2 Å². The lowest BCUT2D eigenvalue weighted by molar-refractivity contribution is -0.0329. The van der Waals surface area contributed by atoms with Gasteiger partial charge in [-0.05, 0) is 55.7 Å². The number of likely N-dealkylation sites (tertiary alicyclic amines) is 1. The van der Waals surface area contributed by atoms with Gasteiger partial charge in [0.2, 0.25) is 0 Å². The summed E-state index contributed by atoms with van der Waals surface area (Å²) in [7, 11) is 0. The van der Waals surface area contributed by atoms with Crippen LogP contribution in [0.5, 0.6) is 0 Å². The topological polar surface area (TPSA) is 52.9 Å². The molecule has 0 amide bonds. The lowest BCUT2D eigenvalue weighted by atomic mass is 9.89. The van der Waals surface area contributed by atoms with Crippen LogP contribution in [0.15, 0.2) is 24.3 Å². The highest BCUT2D eigenvalue weighted by Crippen LogP contribution is 2.32. The van der Waals surface area contributed by atoms with Gasteiger partial charge in [0.05, 0.1) is 18.8 Å². The summed E-state index contributed by atoms with van der Waals surface area (Å²) in [6.45, 7) is 3.19. The molecule has 4 nitrogen and oxygen atoms in total. The Hall–Kier alpha value is -0.940.